The van der Waals surface area contributed by atoms with Crippen LogP contribution < -0.4 is 0 Å². The monoisotopic (exact) mass is 405 g/mol. The van der Waals surface area contributed by atoms with Gasteiger partial charge in [-0.3, -0.25) is 4.79 Å². The van der Waals surface area contributed by atoms with Gasteiger partial charge in [0.2, 0.25) is 5.82 Å². The third kappa shape index (κ3) is 5.75. The minimum absolute atomic E-state index is 0.146. The summed E-state index contributed by atoms with van der Waals surface area (Å²) in [6.07, 6.45) is 0.887. The summed E-state index contributed by atoms with van der Waals surface area (Å²) in [6, 6.07) is 5.62. The number of piperidine rings is 1. The first-order chi connectivity index (χ1) is 13.7. The molecular formula is C20H24FN3O5. The fraction of sp³-hybridized carbons (Fsp3) is 0.500. The highest BCUT2D eigenvalue weighted by Gasteiger charge is 2.32. The number of aromatic nitrogens is 2. The number of benzene rings is 1. The van der Waals surface area contributed by atoms with Crippen molar-refractivity contribution in [1.29, 1.82) is 0 Å². The zero-order valence-corrected chi connectivity index (χ0v) is 16.7. The van der Waals surface area contributed by atoms with E-state index in [4.69, 9.17) is 14.0 Å². The second-order valence-corrected chi connectivity index (χ2v) is 7.90. The van der Waals surface area contributed by atoms with E-state index in [1.807, 2.05) is 0 Å². The summed E-state index contributed by atoms with van der Waals surface area (Å²) in [4.78, 5) is 30.3. The Bertz CT molecular complexity index is 860. The number of ether oxygens (including phenoxy) is 2. The molecule has 0 saturated carbocycles. The van der Waals surface area contributed by atoms with Crippen LogP contribution in [0.3, 0.4) is 0 Å². The lowest BCUT2D eigenvalue weighted by atomic mass is 9.98. The van der Waals surface area contributed by atoms with E-state index in [2.05, 4.69) is 10.1 Å². The number of hydrogen-bond acceptors (Lipinski definition) is 7. The molecule has 1 atom stereocenters. The maximum absolute atomic E-state index is 13.0. The Morgan fingerprint density at radius 3 is 2.69 bits per heavy atom. The van der Waals surface area contributed by atoms with Crippen LogP contribution in [0.2, 0.25) is 0 Å². The third-order valence-corrected chi connectivity index (χ3v) is 4.31. The van der Waals surface area contributed by atoms with Crippen molar-refractivity contribution < 1.29 is 28.0 Å². The molecule has 2 aromatic rings. The van der Waals surface area contributed by atoms with Gasteiger partial charge in [0.15, 0.2) is 6.61 Å². The predicted octanol–water partition coefficient (Wildman–Crippen LogP) is 3.57. The standard InChI is InChI=1S/C20H24FN3O5/c1-20(2,3)28-19(26)24-10-4-5-14(11-24)18(25)27-12-16-22-17(29-23-16)13-6-8-15(21)9-7-13/h6-9,14H,4-5,10-12H2,1-3H3. The average molecular weight is 405 g/mol. The van der Waals surface area contributed by atoms with Crippen LogP contribution in [0.1, 0.15) is 39.4 Å². The highest BCUT2D eigenvalue weighted by molar-refractivity contribution is 5.75. The van der Waals surface area contributed by atoms with Crippen LogP contribution in [0, 0.1) is 11.7 Å². The Morgan fingerprint density at radius 1 is 1.28 bits per heavy atom. The minimum Gasteiger partial charge on any atom is -0.457 e. The summed E-state index contributed by atoms with van der Waals surface area (Å²) in [6.45, 7) is 6.04. The number of amides is 1. The number of nitrogens with zero attached hydrogens (tertiary/aromatic N) is 3. The summed E-state index contributed by atoms with van der Waals surface area (Å²) < 4.78 is 28.8. The van der Waals surface area contributed by atoms with Gasteiger partial charge in [-0.15, -0.1) is 0 Å². The van der Waals surface area contributed by atoms with E-state index < -0.39 is 23.6 Å². The van der Waals surface area contributed by atoms with E-state index in [0.717, 1.165) is 0 Å². The van der Waals surface area contributed by atoms with Crippen LogP contribution in [-0.2, 0) is 20.9 Å². The molecule has 8 nitrogen and oxygen atoms in total. The van der Waals surface area contributed by atoms with Crippen LogP contribution in [0.25, 0.3) is 11.5 Å². The third-order valence-electron chi connectivity index (χ3n) is 4.31. The van der Waals surface area contributed by atoms with E-state index in [9.17, 15) is 14.0 Å². The number of hydrogen-bond donors (Lipinski definition) is 0. The molecule has 9 heteroatoms. The van der Waals surface area contributed by atoms with Gasteiger partial charge in [0.1, 0.15) is 11.4 Å². The zero-order chi connectivity index (χ0) is 21.0. The molecule has 0 N–H and O–H groups in total. The number of carbonyl (C=O) groups is 2. The Balaban J connectivity index is 1.53. The summed E-state index contributed by atoms with van der Waals surface area (Å²) in [5, 5.41) is 3.77. The van der Waals surface area contributed by atoms with E-state index in [-0.39, 0.29) is 30.7 Å². The first kappa shape index (κ1) is 20.8. The van der Waals surface area contributed by atoms with Gasteiger partial charge in [0.05, 0.1) is 5.92 Å². The Hall–Kier alpha value is -2.97. The second-order valence-electron chi connectivity index (χ2n) is 7.90. The topological polar surface area (TPSA) is 94.8 Å². The number of likely N-dealkylation sites (tertiary alicyclic amines) is 1. The molecule has 0 bridgehead atoms. The largest absolute Gasteiger partial charge is 0.457 e. The van der Waals surface area contributed by atoms with Crippen molar-refractivity contribution >= 4 is 12.1 Å². The van der Waals surface area contributed by atoms with Crippen LogP contribution >= 0.6 is 0 Å². The highest BCUT2D eigenvalue weighted by atomic mass is 19.1. The molecule has 0 radical (unpaired) electrons. The van der Waals surface area contributed by atoms with Crippen molar-refractivity contribution in [2.75, 3.05) is 13.1 Å². The van der Waals surface area contributed by atoms with Gasteiger partial charge in [-0.2, -0.15) is 4.98 Å². The average Bonchev–Trinajstić information content (AvgIpc) is 3.14. The first-order valence-electron chi connectivity index (χ1n) is 9.44. The minimum atomic E-state index is -0.592. The predicted molar refractivity (Wildman–Crippen MR) is 100 cm³/mol. The summed E-state index contributed by atoms with van der Waals surface area (Å²) >= 11 is 0. The number of rotatable bonds is 4. The summed E-state index contributed by atoms with van der Waals surface area (Å²) in [7, 11) is 0. The molecule has 1 aliphatic rings. The van der Waals surface area contributed by atoms with Gasteiger partial charge in [-0.25, -0.2) is 9.18 Å². The Kier molecular flexibility index (Phi) is 6.14. The van der Waals surface area contributed by atoms with Crippen LogP contribution in [-0.4, -0.2) is 45.8 Å². The molecule has 3 rings (SSSR count). The van der Waals surface area contributed by atoms with Gasteiger partial charge in [-0.1, -0.05) is 5.16 Å². The molecule has 1 unspecified atom stereocenters. The molecule has 29 heavy (non-hydrogen) atoms. The zero-order valence-electron chi connectivity index (χ0n) is 16.7. The number of carbonyl (C=O) groups excluding carboxylic acids is 2. The molecule has 0 spiro atoms. The smallest absolute Gasteiger partial charge is 0.410 e. The van der Waals surface area contributed by atoms with E-state index >= 15 is 0 Å². The second kappa shape index (κ2) is 8.59. The van der Waals surface area contributed by atoms with E-state index in [0.29, 0.717) is 24.9 Å². The molecule has 1 aliphatic heterocycles. The summed E-state index contributed by atoms with van der Waals surface area (Å²) in [5.41, 5.74) is -0.0254. The van der Waals surface area contributed by atoms with E-state index in [1.165, 1.54) is 29.2 Å². The van der Waals surface area contributed by atoms with Crippen molar-refractivity contribution in [3.63, 3.8) is 0 Å². The van der Waals surface area contributed by atoms with Gasteiger partial charge in [-0.05, 0) is 57.9 Å². The maximum Gasteiger partial charge on any atom is 0.410 e. The fourth-order valence-electron chi connectivity index (χ4n) is 2.94. The number of halogens is 1. The lowest BCUT2D eigenvalue weighted by Crippen LogP contribution is -2.45. The van der Waals surface area contributed by atoms with Crippen molar-refractivity contribution in [2.24, 2.45) is 5.92 Å². The Labute approximate surface area is 168 Å². The summed E-state index contributed by atoms with van der Waals surface area (Å²) in [5.74, 6) is -0.802. The van der Waals surface area contributed by atoms with Crippen molar-refractivity contribution in [1.82, 2.24) is 15.0 Å². The molecule has 1 amide bonds. The van der Waals surface area contributed by atoms with Gasteiger partial charge >= 0.3 is 12.1 Å². The molecule has 1 saturated heterocycles. The van der Waals surface area contributed by atoms with Gasteiger partial charge in [0.25, 0.3) is 5.89 Å². The normalized spacial score (nSPS) is 17.1. The molecule has 1 aromatic carbocycles. The SMILES string of the molecule is CC(C)(C)OC(=O)N1CCCC(C(=O)OCc2noc(-c3ccc(F)cc3)n2)C1. The van der Waals surface area contributed by atoms with Gasteiger partial charge < -0.3 is 18.9 Å². The van der Waals surface area contributed by atoms with Crippen molar-refractivity contribution in [2.45, 2.75) is 45.8 Å². The van der Waals surface area contributed by atoms with Gasteiger partial charge in [0, 0.05) is 18.7 Å². The molecule has 156 valence electrons. The lowest BCUT2D eigenvalue weighted by Gasteiger charge is -2.33. The van der Waals surface area contributed by atoms with Crippen LogP contribution in [0.5, 0.6) is 0 Å². The first-order valence-corrected chi connectivity index (χ1v) is 9.44. The molecule has 1 fully saturated rings. The van der Waals surface area contributed by atoms with Crippen LogP contribution in [0.4, 0.5) is 9.18 Å². The number of esters is 1. The lowest BCUT2D eigenvalue weighted by molar-refractivity contribution is -0.151. The van der Waals surface area contributed by atoms with E-state index in [1.54, 1.807) is 20.8 Å². The van der Waals surface area contributed by atoms with Crippen molar-refractivity contribution in [3.8, 4) is 11.5 Å². The molecule has 0 aliphatic carbocycles. The molecule has 1 aromatic heterocycles. The van der Waals surface area contributed by atoms with Crippen molar-refractivity contribution in [3.05, 3.63) is 35.9 Å². The molecule has 2 heterocycles. The molecular weight excluding hydrogens is 381 g/mol. The maximum atomic E-state index is 13.0. The fourth-order valence-corrected chi connectivity index (χ4v) is 2.94. The quantitative estimate of drug-likeness (QED) is 0.718. The highest BCUT2D eigenvalue weighted by Crippen LogP contribution is 2.21. The van der Waals surface area contributed by atoms with Crippen LogP contribution in [0.15, 0.2) is 28.8 Å². The Morgan fingerprint density at radius 2 is 2.00 bits per heavy atom.